The second-order valence-electron chi connectivity index (χ2n) is 11.4. The van der Waals surface area contributed by atoms with Crippen LogP contribution in [0.1, 0.15) is 69.8 Å². The first-order chi connectivity index (χ1) is 15.8. The van der Waals surface area contributed by atoms with E-state index >= 15 is 0 Å². The molecule has 32 heavy (non-hydrogen) atoms. The molecular weight excluding hydrogens is 394 g/mol. The van der Waals surface area contributed by atoms with E-state index in [0.717, 1.165) is 42.4 Å². The minimum Gasteiger partial charge on any atom is -0.497 e. The van der Waals surface area contributed by atoms with Crippen LogP contribution in [0.3, 0.4) is 0 Å². The van der Waals surface area contributed by atoms with Crippen molar-refractivity contribution in [2.24, 2.45) is 28.7 Å². The summed E-state index contributed by atoms with van der Waals surface area (Å²) in [6.45, 7) is 3.42. The highest BCUT2D eigenvalue weighted by molar-refractivity contribution is 5.84. The smallest absolute Gasteiger partial charge is 0.197 e. The number of benzene rings is 1. The van der Waals surface area contributed by atoms with Crippen LogP contribution in [0.4, 0.5) is 0 Å². The van der Waals surface area contributed by atoms with Gasteiger partial charge in [-0.1, -0.05) is 37.8 Å². The van der Waals surface area contributed by atoms with Crippen LogP contribution < -0.4 is 4.74 Å². The third-order valence-corrected chi connectivity index (χ3v) is 9.63. The molecule has 4 fully saturated rings. The van der Waals surface area contributed by atoms with Crippen molar-refractivity contribution >= 4 is 5.96 Å². The monoisotopic (exact) mass is 435 g/mol. The van der Waals surface area contributed by atoms with Gasteiger partial charge in [0.25, 0.3) is 0 Å². The predicted molar refractivity (Wildman–Crippen MR) is 130 cm³/mol. The summed E-state index contributed by atoms with van der Waals surface area (Å²) in [5.41, 5.74) is 1.43. The molecule has 4 heteroatoms. The number of fused-ring (bicyclic) bond motifs is 3. The Morgan fingerprint density at radius 3 is 2.53 bits per heavy atom. The number of ether oxygens (including phenoxy) is 1. The maximum Gasteiger partial charge on any atom is 0.197 e. The van der Waals surface area contributed by atoms with E-state index in [9.17, 15) is 0 Å². The summed E-state index contributed by atoms with van der Waals surface area (Å²) in [5, 5.41) is 0. The quantitative estimate of drug-likeness (QED) is 0.576. The van der Waals surface area contributed by atoms with Crippen molar-refractivity contribution in [3.63, 3.8) is 0 Å². The number of hydrogen-bond acceptors (Lipinski definition) is 4. The molecule has 1 aromatic rings. The van der Waals surface area contributed by atoms with Gasteiger partial charge in [-0.2, -0.15) is 0 Å². The molecule has 5 atom stereocenters. The first kappa shape index (κ1) is 20.9. The van der Waals surface area contributed by atoms with Crippen molar-refractivity contribution in [1.82, 2.24) is 9.80 Å². The Morgan fingerprint density at radius 1 is 0.969 bits per heavy atom. The molecule has 0 amide bonds. The molecule has 3 unspecified atom stereocenters. The van der Waals surface area contributed by atoms with Crippen molar-refractivity contribution in [2.45, 2.75) is 82.7 Å². The summed E-state index contributed by atoms with van der Waals surface area (Å²) in [6.07, 6.45) is 15.6. The van der Waals surface area contributed by atoms with Crippen molar-refractivity contribution in [1.29, 1.82) is 0 Å². The second kappa shape index (κ2) is 8.91. The van der Waals surface area contributed by atoms with Crippen LogP contribution in [0.15, 0.2) is 29.3 Å². The molecule has 0 N–H and O–H groups in total. The SMILES string of the molecule is COc1ccc(C[C@@H]2CN3C(=NC[C@H]3C3CCCCC3)N2CCC2CC3CCC2C3)cc1. The maximum absolute atomic E-state index is 5.38. The van der Waals surface area contributed by atoms with Crippen LogP contribution in [0, 0.1) is 23.7 Å². The summed E-state index contributed by atoms with van der Waals surface area (Å²) in [6, 6.07) is 9.98. The largest absolute Gasteiger partial charge is 0.497 e. The molecule has 0 aromatic heterocycles. The lowest BCUT2D eigenvalue weighted by molar-refractivity contribution is 0.205. The molecule has 1 aromatic carbocycles. The van der Waals surface area contributed by atoms with Crippen molar-refractivity contribution in [3.8, 4) is 5.75 Å². The van der Waals surface area contributed by atoms with Crippen LogP contribution in [0.2, 0.25) is 0 Å². The van der Waals surface area contributed by atoms with Gasteiger partial charge in [-0.3, -0.25) is 4.99 Å². The van der Waals surface area contributed by atoms with Crippen molar-refractivity contribution < 1.29 is 4.74 Å². The molecule has 6 rings (SSSR count). The molecule has 5 aliphatic rings. The Bertz CT molecular complexity index is 814. The van der Waals surface area contributed by atoms with Gasteiger partial charge in [0.15, 0.2) is 5.96 Å². The zero-order valence-electron chi connectivity index (χ0n) is 19.9. The van der Waals surface area contributed by atoms with E-state index in [4.69, 9.17) is 9.73 Å². The van der Waals surface area contributed by atoms with Crippen LogP contribution >= 0.6 is 0 Å². The van der Waals surface area contributed by atoms with E-state index in [-0.39, 0.29) is 0 Å². The van der Waals surface area contributed by atoms with Crippen molar-refractivity contribution in [2.75, 3.05) is 26.7 Å². The molecule has 2 aliphatic heterocycles. The van der Waals surface area contributed by atoms with E-state index in [2.05, 4.69) is 34.1 Å². The number of methoxy groups -OCH3 is 1. The van der Waals surface area contributed by atoms with Gasteiger partial charge in [-0.25, -0.2) is 0 Å². The Kier molecular flexibility index (Phi) is 5.81. The topological polar surface area (TPSA) is 28.1 Å². The Labute approximate surface area is 194 Å². The molecule has 0 radical (unpaired) electrons. The van der Waals surface area contributed by atoms with Crippen LogP contribution in [0.5, 0.6) is 5.75 Å². The zero-order valence-corrected chi connectivity index (χ0v) is 19.9. The van der Waals surface area contributed by atoms with Gasteiger partial charge < -0.3 is 14.5 Å². The molecule has 4 nitrogen and oxygen atoms in total. The summed E-state index contributed by atoms with van der Waals surface area (Å²) >= 11 is 0. The highest BCUT2D eigenvalue weighted by atomic mass is 16.5. The number of nitrogens with zero attached hydrogens (tertiary/aromatic N) is 3. The van der Waals surface area contributed by atoms with Crippen molar-refractivity contribution in [3.05, 3.63) is 29.8 Å². The third-order valence-electron chi connectivity index (χ3n) is 9.63. The molecule has 2 heterocycles. The van der Waals surface area contributed by atoms with Gasteiger partial charge in [0.05, 0.1) is 25.7 Å². The fourth-order valence-electron chi connectivity index (χ4n) is 7.92. The minimum absolute atomic E-state index is 0.562. The lowest BCUT2D eigenvalue weighted by atomic mass is 9.83. The van der Waals surface area contributed by atoms with E-state index in [1.165, 1.54) is 88.8 Å². The third kappa shape index (κ3) is 3.92. The Balaban J connectivity index is 1.17. The fourth-order valence-corrected chi connectivity index (χ4v) is 7.92. The normalized spacial score (nSPS) is 34.3. The molecular formula is C28H41N3O. The van der Waals surface area contributed by atoms with Crippen LogP contribution in [-0.4, -0.2) is 54.6 Å². The first-order valence-corrected chi connectivity index (χ1v) is 13.5. The van der Waals surface area contributed by atoms with Gasteiger partial charge >= 0.3 is 0 Å². The minimum atomic E-state index is 0.562. The number of rotatable bonds is 7. The fraction of sp³-hybridized carbons (Fsp3) is 0.750. The summed E-state index contributed by atoms with van der Waals surface area (Å²) in [4.78, 5) is 10.7. The lowest BCUT2D eigenvalue weighted by Gasteiger charge is -2.33. The highest BCUT2D eigenvalue weighted by Crippen LogP contribution is 2.49. The van der Waals surface area contributed by atoms with Gasteiger partial charge in [0, 0.05) is 13.1 Å². The van der Waals surface area contributed by atoms with Gasteiger partial charge in [0.1, 0.15) is 5.75 Å². The van der Waals surface area contributed by atoms with Crippen LogP contribution in [-0.2, 0) is 6.42 Å². The predicted octanol–water partition coefficient (Wildman–Crippen LogP) is 5.37. The average molecular weight is 436 g/mol. The Hall–Kier alpha value is -1.71. The molecule has 0 spiro atoms. The summed E-state index contributed by atoms with van der Waals surface area (Å²) in [7, 11) is 1.75. The number of aliphatic imine (C=N–C) groups is 1. The van der Waals surface area contributed by atoms with Gasteiger partial charge in [0.2, 0.25) is 0 Å². The van der Waals surface area contributed by atoms with E-state index in [0.29, 0.717) is 12.1 Å². The van der Waals surface area contributed by atoms with Gasteiger partial charge in [-0.05, 0) is 86.3 Å². The summed E-state index contributed by atoms with van der Waals surface area (Å²) < 4.78 is 5.38. The average Bonchev–Trinajstić information content (AvgIpc) is 3.61. The van der Waals surface area contributed by atoms with E-state index < -0.39 is 0 Å². The molecule has 2 bridgehead atoms. The number of hydrogen-bond donors (Lipinski definition) is 0. The molecule has 3 aliphatic carbocycles. The first-order valence-electron chi connectivity index (χ1n) is 13.5. The van der Waals surface area contributed by atoms with Crippen LogP contribution in [0.25, 0.3) is 0 Å². The highest BCUT2D eigenvalue weighted by Gasteiger charge is 2.45. The molecule has 174 valence electrons. The van der Waals surface area contributed by atoms with Gasteiger partial charge in [-0.15, -0.1) is 0 Å². The maximum atomic E-state index is 5.38. The Morgan fingerprint density at radius 2 is 1.81 bits per heavy atom. The lowest BCUT2D eigenvalue weighted by Crippen LogP contribution is -2.41. The summed E-state index contributed by atoms with van der Waals surface area (Å²) in [5.74, 6) is 6.21. The molecule has 1 saturated heterocycles. The zero-order chi connectivity index (χ0) is 21.5. The number of guanidine groups is 1. The molecule has 3 saturated carbocycles. The van der Waals surface area contributed by atoms with E-state index in [1.807, 2.05) is 0 Å². The van der Waals surface area contributed by atoms with E-state index in [1.54, 1.807) is 7.11 Å². The standard InChI is InChI=1S/C28H41N3O/c1-32-26-11-8-20(9-12-26)17-25-19-31-27(22-5-3-2-4-6-22)18-29-28(31)30(25)14-13-24-16-21-7-10-23(24)15-21/h8-9,11-12,21-25,27H,2-7,10,13-19H2,1H3/t21?,23?,24?,25-,27+/m1/s1. The second-order valence-corrected chi connectivity index (χ2v) is 11.4.